The van der Waals surface area contributed by atoms with Gasteiger partial charge in [-0.3, -0.25) is 4.31 Å². The van der Waals surface area contributed by atoms with Crippen molar-refractivity contribution in [2.75, 3.05) is 6.61 Å². The van der Waals surface area contributed by atoms with Gasteiger partial charge in [-0.15, -0.1) is 0 Å². The highest BCUT2D eigenvalue weighted by Gasteiger charge is 2.29. The predicted molar refractivity (Wildman–Crippen MR) is 69.4 cm³/mol. The molecule has 0 aliphatic carbocycles. The lowest BCUT2D eigenvalue weighted by molar-refractivity contribution is 0.137. The highest BCUT2D eigenvalue weighted by molar-refractivity contribution is 7.89. The summed E-state index contributed by atoms with van der Waals surface area (Å²) in [6.45, 7) is 5.89. The van der Waals surface area contributed by atoms with Crippen molar-refractivity contribution in [1.82, 2.24) is 4.31 Å². The molecule has 0 saturated heterocycles. The molecular weight excluding hydrogens is 250 g/mol. The average Bonchev–Trinajstić information content (AvgIpc) is 2.32. The molecule has 1 aliphatic rings. The van der Waals surface area contributed by atoms with Crippen molar-refractivity contribution in [3.8, 4) is 0 Å². The molecule has 0 N–H and O–H groups in total. The van der Waals surface area contributed by atoms with Gasteiger partial charge >= 0.3 is 0 Å². The Kier molecular flexibility index (Phi) is 3.34. The molecule has 0 unspecified atom stereocenters. The summed E-state index contributed by atoms with van der Waals surface area (Å²) in [5.41, 5.74) is 1.04. The number of benzene rings is 1. The number of nitrogens with zero attached hydrogens (tertiary/aromatic N) is 1. The highest BCUT2D eigenvalue weighted by atomic mass is 32.2. The Morgan fingerprint density at radius 1 is 1.22 bits per heavy atom. The van der Waals surface area contributed by atoms with Gasteiger partial charge in [-0.2, -0.15) is 0 Å². The third kappa shape index (κ3) is 2.36. The molecule has 0 saturated carbocycles. The number of sulfonamides is 1. The highest BCUT2D eigenvalue weighted by Crippen LogP contribution is 2.23. The molecule has 2 rings (SSSR count). The van der Waals surface area contributed by atoms with Crippen LogP contribution in [-0.2, 0) is 14.8 Å². The van der Waals surface area contributed by atoms with Crippen molar-refractivity contribution >= 4 is 10.0 Å². The lowest BCUT2D eigenvalue weighted by Crippen LogP contribution is -2.40. The summed E-state index contributed by atoms with van der Waals surface area (Å²) in [7, 11) is -3.48. The zero-order chi connectivity index (χ0) is 13.3. The molecule has 18 heavy (non-hydrogen) atoms. The number of rotatable bonds is 2. The first kappa shape index (κ1) is 13.0. The molecular formula is C13H17NO3S. The number of hydrogen-bond donors (Lipinski definition) is 0. The Bertz CT molecular complexity index is 560. The number of hydrogen-bond acceptors (Lipinski definition) is 3. The summed E-state index contributed by atoms with van der Waals surface area (Å²) in [6, 6.07) is 6.68. The fraction of sp³-hybridized carbons (Fsp3) is 0.385. The molecule has 0 fully saturated rings. The first-order valence-electron chi connectivity index (χ1n) is 5.82. The van der Waals surface area contributed by atoms with Gasteiger partial charge in [0.25, 0.3) is 10.0 Å². The smallest absolute Gasteiger partial charge is 0.264 e. The zero-order valence-electron chi connectivity index (χ0n) is 10.8. The Morgan fingerprint density at radius 3 is 2.44 bits per heavy atom. The monoisotopic (exact) mass is 267 g/mol. The lowest BCUT2D eigenvalue weighted by Gasteiger charge is -2.31. The maximum atomic E-state index is 12.5. The van der Waals surface area contributed by atoms with Crippen LogP contribution in [0.25, 0.3) is 0 Å². The molecule has 0 radical (unpaired) electrons. The Labute approximate surface area is 108 Å². The van der Waals surface area contributed by atoms with E-state index in [9.17, 15) is 8.42 Å². The third-order valence-electron chi connectivity index (χ3n) is 2.89. The summed E-state index contributed by atoms with van der Waals surface area (Å²) < 4.78 is 31.7. The minimum atomic E-state index is -3.48. The molecule has 1 atom stereocenters. The van der Waals surface area contributed by atoms with E-state index in [1.165, 1.54) is 4.31 Å². The number of ether oxygens (including phenoxy) is 1. The van der Waals surface area contributed by atoms with Crippen molar-refractivity contribution in [2.45, 2.75) is 31.7 Å². The van der Waals surface area contributed by atoms with Crippen molar-refractivity contribution in [3.63, 3.8) is 0 Å². The van der Waals surface area contributed by atoms with Gasteiger partial charge in [0.05, 0.1) is 17.1 Å². The van der Waals surface area contributed by atoms with Crippen LogP contribution < -0.4 is 0 Å². The van der Waals surface area contributed by atoms with Crippen LogP contribution in [0.2, 0.25) is 0 Å². The SMILES string of the molecule is CC1=CN(S(=O)(=O)c2ccc(C)cc2)[C@@H](C)CO1. The van der Waals surface area contributed by atoms with Crippen LogP contribution in [0, 0.1) is 6.92 Å². The summed E-state index contributed by atoms with van der Waals surface area (Å²) in [5, 5.41) is 0. The van der Waals surface area contributed by atoms with Crippen LogP contribution >= 0.6 is 0 Å². The lowest BCUT2D eigenvalue weighted by atomic mass is 10.2. The first-order chi connectivity index (χ1) is 8.41. The summed E-state index contributed by atoms with van der Waals surface area (Å²) in [5.74, 6) is 0.615. The molecule has 4 nitrogen and oxygen atoms in total. The molecule has 0 amide bonds. The average molecular weight is 267 g/mol. The Hall–Kier alpha value is -1.49. The second-order valence-corrected chi connectivity index (χ2v) is 6.39. The van der Waals surface area contributed by atoms with Crippen LogP contribution in [0.5, 0.6) is 0 Å². The van der Waals surface area contributed by atoms with Crippen LogP contribution in [0.3, 0.4) is 0 Å². The molecule has 1 heterocycles. The van der Waals surface area contributed by atoms with Gasteiger partial charge in [-0.05, 0) is 32.9 Å². The maximum absolute atomic E-state index is 12.5. The Balaban J connectivity index is 2.42. The summed E-state index contributed by atoms with van der Waals surface area (Å²) >= 11 is 0. The minimum Gasteiger partial charge on any atom is -0.495 e. The standard InChI is InChI=1S/C13H17NO3S/c1-10-4-6-13(7-5-10)18(15,16)14-8-12(3)17-9-11(14)2/h4-8,11H,9H2,1-3H3/t11-/m0/s1. The number of aryl methyl sites for hydroxylation is 1. The van der Waals surface area contributed by atoms with E-state index in [1.54, 1.807) is 37.4 Å². The van der Waals surface area contributed by atoms with Gasteiger partial charge in [-0.1, -0.05) is 17.7 Å². The van der Waals surface area contributed by atoms with E-state index in [2.05, 4.69) is 0 Å². The fourth-order valence-corrected chi connectivity index (χ4v) is 3.35. The van der Waals surface area contributed by atoms with Gasteiger partial charge in [0.1, 0.15) is 12.4 Å². The van der Waals surface area contributed by atoms with Gasteiger partial charge in [0, 0.05) is 0 Å². The molecule has 1 aliphatic heterocycles. The van der Waals surface area contributed by atoms with Gasteiger partial charge < -0.3 is 4.74 Å². The van der Waals surface area contributed by atoms with Crippen LogP contribution in [-0.4, -0.2) is 25.4 Å². The molecule has 1 aromatic rings. The van der Waals surface area contributed by atoms with Crippen molar-refractivity contribution < 1.29 is 13.2 Å². The minimum absolute atomic E-state index is 0.194. The van der Waals surface area contributed by atoms with E-state index in [0.717, 1.165) is 5.56 Å². The third-order valence-corrected chi connectivity index (χ3v) is 4.78. The van der Waals surface area contributed by atoms with Crippen LogP contribution in [0.15, 0.2) is 41.1 Å². The van der Waals surface area contributed by atoms with Gasteiger partial charge in [0.2, 0.25) is 0 Å². The van der Waals surface area contributed by atoms with Crippen molar-refractivity contribution in [3.05, 3.63) is 41.8 Å². The van der Waals surface area contributed by atoms with Gasteiger partial charge in [-0.25, -0.2) is 8.42 Å². The molecule has 5 heteroatoms. The van der Waals surface area contributed by atoms with Crippen LogP contribution in [0.1, 0.15) is 19.4 Å². The molecule has 0 bridgehead atoms. The van der Waals surface area contributed by atoms with E-state index in [4.69, 9.17) is 4.74 Å². The fourth-order valence-electron chi connectivity index (χ4n) is 1.81. The maximum Gasteiger partial charge on any atom is 0.264 e. The van der Waals surface area contributed by atoms with Crippen LogP contribution in [0.4, 0.5) is 0 Å². The van der Waals surface area contributed by atoms with Crippen molar-refractivity contribution in [2.24, 2.45) is 0 Å². The van der Waals surface area contributed by atoms with E-state index in [1.807, 2.05) is 13.8 Å². The first-order valence-corrected chi connectivity index (χ1v) is 7.26. The zero-order valence-corrected chi connectivity index (χ0v) is 11.6. The molecule has 98 valence electrons. The Morgan fingerprint density at radius 2 is 1.83 bits per heavy atom. The largest absolute Gasteiger partial charge is 0.495 e. The second-order valence-electron chi connectivity index (χ2n) is 4.55. The molecule has 0 aromatic heterocycles. The van der Waals surface area contributed by atoms with E-state index in [-0.39, 0.29) is 6.04 Å². The quantitative estimate of drug-likeness (QED) is 0.825. The molecule has 1 aromatic carbocycles. The number of allylic oxidation sites excluding steroid dienone is 1. The van der Waals surface area contributed by atoms with E-state index in [0.29, 0.717) is 17.3 Å². The summed E-state index contributed by atoms with van der Waals surface area (Å²) in [4.78, 5) is 0.311. The summed E-state index contributed by atoms with van der Waals surface area (Å²) in [6.07, 6.45) is 1.54. The van der Waals surface area contributed by atoms with Gasteiger partial charge in [0.15, 0.2) is 0 Å². The van der Waals surface area contributed by atoms with E-state index >= 15 is 0 Å². The molecule has 0 spiro atoms. The second kappa shape index (κ2) is 4.65. The topological polar surface area (TPSA) is 46.6 Å². The van der Waals surface area contributed by atoms with Crippen molar-refractivity contribution in [1.29, 1.82) is 0 Å². The van der Waals surface area contributed by atoms with E-state index < -0.39 is 10.0 Å². The normalized spacial score (nSPS) is 20.3. The predicted octanol–water partition coefficient (Wildman–Crippen LogP) is 2.27.